The van der Waals surface area contributed by atoms with Crippen molar-refractivity contribution in [3.63, 3.8) is 0 Å². The molecule has 1 aromatic heterocycles. The fourth-order valence-electron chi connectivity index (χ4n) is 3.41. The van der Waals surface area contributed by atoms with Gasteiger partial charge in [0.1, 0.15) is 0 Å². The van der Waals surface area contributed by atoms with Gasteiger partial charge in [0.05, 0.1) is 112 Å². The maximum atomic E-state index is 12.0. The number of rotatable bonds is 31. The van der Waals surface area contributed by atoms with E-state index in [9.17, 15) is 9.59 Å². The number of carboxylic acids is 1. The Hall–Kier alpha value is -2.49. The van der Waals surface area contributed by atoms with Crippen LogP contribution >= 0.6 is 0 Å². The average molecular weight is 615 g/mol. The van der Waals surface area contributed by atoms with E-state index in [2.05, 4.69) is 16.9 Å². The summed E-state index contributed by atoms with van der Waals surface area (Å²) in [6.45, 7) is 13.1. The lowest BCUT2D eigenvalue weighted by atomic mass is 10.1. The van der Waals surface area contributed by atoms with Crippen LogP contribution in [0, 0.1) is 6.92 Å². The second-order valence-electron chi connectivity index (χ2n) is 9.13. The van der Waals surface area contributed by atoms with Crippen molar-refractivity contribution in [1.82, 2.24) is 10.3 Å². The molecule has 1 aromatic rings. The van der Waals surface area contributed by atoms with Crippen molar-refractivity contribution in [3.05, 3.63) is 35.7 Å². The minimum atomic E-state index is -0.877. The molecule has 0 bridgehead atoms. The molecule has 13 nitrogen and oxygen atoms in total. The Labute approximate surface area is 255 Å². The largest absolute Gasteiger partial charge is 0.481 e. The van der Waals surface area contributed by atoms with E-state index in [0.717, 1.165) is 17.0 Å². The first-order valence-electron chi connectivity index (χ1n) is 14.7. The zero-order chi connectivity index (χ0) is 31.2. The van der Waals surface area contributed by atoms with Crippen LogP contribution in [-0.2, 0) is 53.9 Å². The number of aromatic nitrogens is 1. The van der Waals surface area contributed by atoms with Gasteiger partial charge in [-0.25, -0.2) is 0 Å². The van der Waals surface area contributed by atoms with Crippen LogP contribution in [0.25, 0.3) is 6.08 Å². The van der Waals surface area contributed by atoms with Gasteiger partial charge in [-0.2, -0.15) is 0 Å². The van der Waals surface area contributed by atoms with Gasteiger partial charge in [-0.05, 0) is 31.0 Å². The third kappa shape index (κ3) is 25.7. The normalized spacial score (nSPS) is 11.1. The number of carboxylic acid groups (broad SMARTS) is 1. The van der Waals surface area contributed by atoms with Crippen LogP contribution in [-0.4, -0.2) is 134 Å². The number of pyridine rings is 1. The molecule has 0 fully saturated rings. The van der Waals surface area contributed by atoms with Crippen LogP contribution in [0.2, 0.25) is 0 Å². The van der Waals surface area contributed by atoms with Crippen molar-refractivity contribution >= 4 is 18.0 Å². The SMILES string of the molecule is C=Cc1cc(C)nc(CCC(=O)NCCOCCOCCOCCOCCOCCOCCOCCOCCC(=O)O)c1. The summed E-state index contributed by atoms with van der Waals surface area (Å²) in [5.74, 6) is -0.907. The fourth-order valence-corrected chi connectivity index (χ4v) is 3.41. The second kappa shape index (κ2) is 28.3. The Morgan fingerprint density at radius 3 is 1.53 bits per heavy atom. The summed E-state index contributed by atoms with van der Waals surface area (Å²) in [6, 6.07) is 3.91. The number of nitrogens with one attached hydrogen (secondary N) is 1. The first-order valence-corrected chi connectivity index (χ1v) is 14.7. The molecule has 0 aromatic carbocycles. The van der Waals surface area contributed by atoms with Gasteiger partial charge in [-0.15, -0.1) is 0 Å². The summed E-state index contributed by atoms with van der Waals surface area (Å²) in [5, 5.41) is 11.3. The highest BCUT2D eigenvalue weighted by atomic mass is 16.6. The molecule has 1 heterocycles. The van der Waals surface area contributed by atoms with Gasteiger partial charge in [-0.3, -0.25) is 14.6 Å². The maximum absolute atomic E-state index is 12.0. The Morgan fingerprint density at radius 2 is 1.12 bits per heavy atom. The van der Waals surface area contributed by atoms with E-state index < -0.39 is 5.97 Å². The number of carbonyl (C=O) groups excluding carboxylic acids is 1. The van der Waals surface area contributed by atoms with Crippen LogP contribution in [0.4, 0.5) is 0 Å². The Morgan fingerprint density at radius 1 is 0.698 bits per heavy atom. The third-order valence-electron chi connectivity index (χ3n) is 5.51. The number of amides is 1. The van der Waals surface area contributed by atoms with Crippen molar-refractivity contribution in [2.45, 2.75) is 26.2 Å². The van der Waals surface area contributed by atoms with Crippen molar-refractivity contribution in [3.8, 4) is 0 Å². The summed E-state index contributed by atoms with van der Waals surface area (Å²) in [7, 11) is 0. The van der Waals surface area contributed by atoms with Crippen molar-refractivity contribution < 1.29 is 52.6 Å². The predicted molar refractivity (Wildman–Crippen MR) is 159 cm³/mol. The maximum Gasteiger partial charge on any atom is 0.305 e. The van der Waals surface area contributed by atoms with E-state index in [-0.39, 0.29) is 18.9 Å². The first-order chi connectivity index (χ1) is 21.0. The molecule has 1 amide bonds. The summed E-state index contributed by atoms with van der Waals surface area (Å²) in [4.78, 5) is 26.8. The van der Waals surface area contributed by atoms with E-state index in [1.54, 1.807) is 6.08 Å². The van der Waals surface area contributed by atoms with Gasteiger partial charge in [0.25, 0.3) is 0 Å². The molecule has 1 rings (SSSR count). The molecule has 0 atom stereocenters. The summed E-state index contributed by atoms with van der Waals surface area (Å²) in [5.41, 5.74) is 2.81. The molecule has 0 aliphatic heterocycles. The zero-order valence-corrected chi connectivity index (χ0v) is 25.6. The van der Waals surface area contributed by atoms with Gasteiger partial charge in [0.2, 0.25) is 5.91 Å². The lowest BCUT2D eigenvalue weighted by Gasteiger charge is -2.09. The van der Waals surface area contributed by atoms with Gasteiger partial charge in [-0.1, -0.05) is 12.7 Å². The van der Waals surface area contributed by atoms with Gasteiger partial charge < -0.3 is 48.3 Å². The molecule has 0 aliphatic rings. The Kier molecular flexibility index (Phi) is 25.4. The highest BCUT2D eigenvalue weighted by molar-refractivity contribution is 5.76. The van der Waals surface area contributed by atoms with Crippen LogP contribution in [0.3, 0.4) is 0 Å². The molecule has 0 aliphatic carbocycles. The molecule has 0 spiro atoms. The second-order valence-corrected chi connectivity index (χ2v) is 9.13. The van der Waals surface area contributed by atoms with Crippen LogP contribution in [0.15, 0.2) is 18.7 Å². The minimum absolute atomic E-state index is 0.00528. The summed E-state index contributed by atoms with van der Waals surface area (Å²) in [6.07, 6.45) is 2.73. The topological polar surface area (TPSA) is 153 Å². The zero-order valence-electron chi connectivity index (χ0n) is 25.6. The third-order valence-corrected chi connectivity index (χ3v) is 5.51. The standard InChI is InChI=1S/C30H50N2O11/c1-3-27-24-26(2)32-28(25-27)4-5-29(33)31-7-9-37-11-13-39-15-17-41-19-21-43-23-22-42-20-18-40-16-14-38-12-10-36-8-6-30(34)35/h3,24-25H,1,4-23H2,2H3,(H,31,33)(H,34,35). The Balaban J connectivity index is 1.73. The first kappa shape index (κ1) is 38.5. The number of ether oxygens (including phenoxy) is 8. The summed E-state index contributed by atoms with van der Waals surface area (Å²) < 4.78 is 43.1. The highest BCUT2D eigenvalue weighted by Crippen LogP contribution is 2.08. The van der Waals surface area contributed by atoms with Crippen LogP contribution in [0.5, 0.6) is 0 Å². The molecular weight excluding hydrogens is 564 g/mol. The van der Waals surface area contributed by atoms with Gasteiger partial charge in [0.15, 0.2) is 0 Å². The average Bonchev–Trinajstić information content (AvgIpc) is 2.99. The van der Waals surface area contributed by atoms with Gasteiger partial charge in [0, 0.05) is 24.4 Å². The van der Waals surface area contributed by atoms with Crippen molar-refractivity contribution in [2.75, 3.05) is 112 Å². The van der Waals surface area contributed by atoms with Crippen LogP contribution in [0.1, 0.15) is 29.8 Å². The molecule has 0 saturated heterocycles. The van der Waals surface area contributed by atoms with E-state index in [4.69, 9.17) is 43.0 Å². The molecule has 0 saturated carbocycles. The number of nitrogens with zero attached hydrogens (tertiary/aromatic N) is 1. The molecule has 13 heteroatoms. The number of hydrogen-bond acceptors (Lipinski definition) is 11. The number of carbonyl (C=O) groups is 2. The Bertz CT molecular complexity index is 857. The lowest BCUT2D eigenvalue weighted by Crippen LogP contribution is -2.28. The summed E-state index contributed by atoms with van der Waals surface area (Å²) >= 11 is 0. The highest BCUT2D eigenvalue weighted by Gasteiger charge is 2.04. The minimum Gasteiger partial charge on any atom is -0.481 e. The lowest BCUT2D eigenvalue weighted by molar-refractivity contribution is -0.138. The number of hydrogen-bond donors (Lipinski definition) is 2. The number of aliphatic carboxylic acids is 1. The smallest absolute Gasteiger partial charge is 0.305 e. The van der Waals surface area contributed by atoms with E-state index in [1.165, 1.54) is 0 Å². The molecular formula is C30H50N2O11. The molecule has 246 valence electrons. The quantitative estimate of drug-likeness (QED) is 0.117. The van der Waals surface area contributed by atoms with E-state index >= 15 is 0 Å². The molecule has 43 heavy (non-hydrogen) atoms. The molecule has 0 radical (unpaired) electrons. The van der Waals surface area contributed by atoms with E-state index in [0.29, 0.717) is 118 Å². The predicted octanol–water partition coefficient (Wildman–Crippen LogP) is 1.69. The van der Waals surface area contributed by atoms with Crippen molar-refractivity contribution in [2.24, 2.45) is 0 Å². The van der Waals surface area contributed by atoms with Crippen molar-refractivity contribution in [1.29, 1.82) is 0 Å². The van der Waals surface area contributed by atoms with Gasteiger partial charge >= 0.3 is 5.97 Å². The number of aryl methyl sites for hydroxylation is 2. The van der Waals surface area contributed by atoms with Crippen LogP contribution < -0.4 is 5.32 Å². The molecule has 0 unspecified atom stereocenters. The molecule has 2 N–H and O–H groups in total. The van der Waals surface area contributed by atoms with E-state index in [1.807, 2.05) is 19.1 Å². The fraction of sp³-hybridized carbons (Fsp3) is 0.700. The monoisotopic (exact) mass is 614 g/mol.